The molecule has 1 aromatic heterocycles. The summed E-state index contributed by atoms with van der Waals surface area (Å²) < 4.78 is 0. The van der Waals surface area contributed by atoms with E-state index in [4.69, 9.17) is 5.11 Å². The first-order valence-corrected chi connectivity index (χ1v) is 6.12. The first-order chi connectivity index (χ1) is 9.10. The molecular formula is C14H17N3O2. The molecule has 0 aliphatic carbocycles. The number of aromatic nitrogens is 2. The Morgan fingerprint density at radius 3 is 2.63 bits per heavy atom. The van der Waals surface area contributed by atoms with Crippen LogP contribution in [0.3, 0.4) is 0 Å². The number of amides is 1. The maximum absolute atomic E-state index is 12.0. The van der Waals surface area contributed by atoms with Crippen LogP contribution in [0.4, 0.5) is 0 Å². The average molecular weight is 259 g/mol. The Morgan fingerprint density at radius 1 is 1.42 bits per heavy atom. The largest absolute Gasteiger partial charge is 0.392 e. The number of carbonyl (C=O) groups is 1. The van der Waals surface area contributed by atoms with Crippen molar-refractivity contribution in [3.63, 3.8) is 0 Å². The standard InChI is InChI=1S/C14H17N3O2/c1-9-7-15-13(16-9)10(2)17-14(19)12-5-3-11(8-18)4-6-12/h3-7,10,18H,8H2,1-2H3,(H,15,16)(H,17,19)/t10-/m0/s1. The van der Waals surface area contributed by atoms with Crippen molar-refractivity contribution in [1.82, 2.24) is 15.3 Å². The van der Waals surface area contributed by atoms with E-state index in [-0.39, 0.29) is 18.6 Å². The van der Waals surface area contributed by atoms with Crippen molar-refractivity contribution in [2.24, 2.45) is 0 Å². The predicted molar refractivity (Wildman–Crippen MR) is 71.6 cm³/mol. The quantitative estimate of drug-likeness (QED) is 0.782. The summed E-state index contributed by atoms with van der Waals surface area (Å²) in [6, 6.07) is 6.67. The fraction of sp³-hybridized carbons (Fsp3) is 0.286. The van der Waals surface area contributed by atoms with E-state index in [1.54, 1.807) is 30.5 Å². The molecule has 0 saturated heterocycles. The lowest BCUT2D eigenvalue weighted by molar-refractivity contribution is 0.0938. The third kappa shape index (κ3) is 3.20. The van der Waals surface area contributed by atoms with Gasteiger partial charge in [-0.15, -0.1) is 0 Å². The van der Waals surface area contributed by atoms with Crippen LogP contribution in [-0.2, 0) is 6.61 Å². The van der Waals surface area contributed by atoms with Crippen LogP contribution in [-0.4, -0.2) is 21.0 Å². The van der Waals surface area contributed by atoms with Crippen molar-refractivity contribution < 1.29 is 9.90 Å². The van der Waals surface area contributed by atoms with E-state index in [1.807, 2.05) is 13.8 Å². The molecule has 100 valence electrons. The lowest BCUT2D eigenvalue weighted by Crippen LogP contribution is -2.27. The molecule has 3 N–H and O–H groups in total. The summed E-state index contributed by atoms with van der Waals surface area (Å²) in [5.74, 6) is 0.573. The normalized spacial score (nSPS) is 12.2. The third-order valence-corrected chi connectivity index (χ3v) is 2.88. The molecule has 0 bridgehead atoms. The Morgan fingerprint density at radius 2 is 2.11 bits per heavy atom. The van der Waals surface area contributed by atoms with Crippen LogP contribution in [0.25, 0.3) is 0 Å². The lowest BCUT2D eigenvalue weighted by Gasteiger charge is -2.11. The Balaban J connectivity index is 2.03. The van der Waals surface area contributed by atoms with Crippen LogP contribution < -0.4 is 5.32 Å². The Kier molecular flexibility index (Phi) is 3.97. The monoisotopic (exact) mass is 259 g/mol. The fourth-order valence-corrected chi connectivity index (χ4v) is 1.76. The molecule has 0 saturated carbocycles. The van der Waals surface area contributed by atoms with E-state index < -0.39 is 0 Å². The highest BCUT2D eigenvalue weighted by Gasteiger charge is 2.13. The second kappa shape index (κ2) is 5.67. The number of aliphatic hydroxyl groups excluding tert-OH is 1. The zero-order chi connectivity index (χ0) is 13.8. The van der Waals surface area contributed by atoms with Crippen molar-refractivity contribution in [3.8, 4) is 0 Å². The molecule has 0 fully saturated rings. The van der Waals surface area contributed by atoms with Crippen molar-refractivity contribution in [2.75, 3.05) is 0 Å². The molecule has 1 aromatic carbocycles. The van der Waals surface area contributed by atoms with Crippen LogP contribution in [0.2, 0.25) is 0 Å². The molecule has 1 atom stereocenters. The number of carbonyl (C=O) groups excluding carboxylic acids is 1. The summed E-state index contributed by atoms with van der Waals surface area (Å²) >= 11 is 0. The summed E-state index contributed by atoms with van der Waals surface area (Å²) in [6.07, 6.45) is 1.73. The molecule has 1 heterocycles. The number of aryl methyl sites for hydroxylation is 1. The smallest absolute Gasteiger partial charge is 0.251 e. The maximum atomic E-state index is 12.0. The molecule has 5 nitrogen and oxygen atoms in total. The van der Waals surface area contributed by atoms with Gasteiger partial charge < -0.3 is 15.4 Å². The van der Waals surface area contributed by atoms with Crippen LogP contribution in [0.5, 0.6) is 0 Å². The Labute approximate surface area is 111 Å². The maximum Gasteiger partial charge on any atom is 0.251 e. The number of H-pyrrole nitrogens is 1. The highest BCUT2D eigenvalue weighted by Crippen LogP contribution is 2.10. The molecule has 19 heavy (non-hydrogen) atoms. The zero-order valence-electron chi connectivity index (χ0n) is 11.0. The van der Waals surface area contributed by atoms with Gasteiger partial charge in [0.15, 0.2) is 0 Å². The first kappa shape index (κ1) is 13.3. The molecule has 0 aliphatic heterocycles. The second-order valence-corrected chi connectivity index (χ2v) is 4.50. The third-order valence-electron chi connectivity index (χ3n) is 2.88. The molecule has 0 radical (unpaired) electrons. The molecule has 2 aromatic rings. The SMILES string of the molecule is Cc1cnc([C@H](C)NC(=O)c2ccc(CO)cc2)[nH]1. The van der Waals surface area contributed by atoms with Gasteiger partial charge in [0.05, 0.1) is 12.6 Å². The number of aliphatic hydroxyl groups is 1. The molecule has 0 unspecified atom stereocenters. The van der Waals surface area contributed by atoms with Gasteiger partial charge in [0, 0.05) is 17.5 Å². The number of benzene rings is 1. The second-order valence-electron chi connectivity index (χ2n) is 4.50. The summed E-state index contributed by atoms with van der Waals surface area (Å²) in [5, 5.41) is 11.8. The van der Waals surface area contributed by atoms with Gasteiger partial charge in [-0.1, -0.05) is 12.1 Å². The average Bonchev–Trinajstić information content (AvgIpc) is 2.85. The summed E-state index contributed by atoms with van der Waals surface area (Å²) in [7, 11) is 0. The van der Waals surface area contributed by atoms with Gasteiger partial charge in [-0.25, -0.2) is 4.98 Å². The van der Waals surface area contributed by atoms with E-state index in [0.29, 0.717) is 5.56 Å². The molecule has 1 amide bonds. The molecular weight excluding hydrogens is 242 g/mol. The van der Waals surface area contributed by atoms with Crippen LogP contribution in [0.1, 0.15) is 40.4 Å². The number of imidazole rings is 1. The minimum Gasteiger partial charge on any atom is -0.392 e. The van der Waals surface area contributed by atoms with E-state index >= 15 is 0 Å². The highest BCUT2D eigenvalue weighted by molar-refractivity contribution is 5.94. The molecule has 2 rings (SSSR count). The predicted octanol–water partition coefficient (Wildman–Crippen LogP) is 1.70. The Hall–Kier alpha value is -2.14. The molecule has 0 spiro atoms. The van der Waals surface area contributed by atoms with Crippen LogP contribution >= 0.6 is 0 Å². The molecule has 0 aliphatic rings. The van der Waals surface area contributed by atoms with Crippen molar-refractivity contribution >= 4 is 5.91 Å². The number of aromatic amines is 1. The van der Waals surface area contributed by atoms with Crippen LogP contribution in [0.15, 0.2) is 30.5 Å². The van der Waals surface area contributed by atoms with Gasteiger partial charge in [0.2, 0.25) is 0 Å². The summed E-state index contributed by atoms with van der Waals surface area (Å²) in [6.45, 7) is 3.76. The van der Waals surface area contributed by atoms with Gasteiger partial charge in [-0.2, -0.15) is 0 Å². The van der Waals surface area contributed by atoms with Crippen molar-refractivity contribution in [2.45, 2.75) is 26.5 Å². The number of hydrogen-bond donors (Lipinski definition) is 3. The number of nitrogens with zero attached hydrogens (tertiary/aromatic N) is 1. The van der Waals surface area contributed by atoms with Gasteiger partial charge in [0.25, 0.3) is 5.91 Å². The lowest BCUT2D eigenvalue weighted by atomic mass is 10.1. The van der Waals surface area contributed by atoms with Crippen LogP contribution in [0, 0.1) is 6.92 Å². The minimum atomic E-state index is -0.182. The summed E-state index contributed by atoms with van der Waals surface area (Å²) in [5.41, 5.74) is 2.31. The van der Waals surface area contributed by atoms with Gasteiger partial charge >= 0.3 is 0 Å². The minimum absolute atomic E-state index is 0.0238. The topological polar surface area (TPSA) is 78.0 Å². The number of rotatable bonds is 4. The summed E-state index contributed by atoms with van der Waals surface area (Å²) in [4.78, 5) is 19.3. The fourth-order valence-electron chi connectivity index (χ4n) is 1.76. The molecule has 5 heteroatoms. The van der Waals surface area contributed by atoms with Gasteiger partial charge in [0.1, 0.15) is 5.82 Å². The van der Waals surface area contributed by atoms with E-state index in [9.17, 15) is 4.79 Å². The van der Waals surface area contributed by atoms with Gasteiger partial charge in [-0.3, -0.25) is 4.79 Å². The van der Waals surface area contributed by atoms with E-state index in [1.165, 1.54) is 0 Å². The Bertz CT molecular complexity index is 560. The highest BCUT2D eigenvalue weighted by atomic mass is 16.3. The van der Waals surface area contributed by atoms with E-state index in [0.717, 1.165) is 17.1 Å². The number of nitrogens with one attached hydrogen (secondary N) is 2. The van der Waals surface area contributed by atoms with E-state index in [2.05, 4.69) is 15.3 Å². The number of hydrogen-bond acceptors (Lipinski definition) is 3. The zero-order valence-corrected chi connectivity index (χ0v) is 11.0. The first-order valence-electron chi connectivity index (χ1n) is 6.12. The van der Waals surface area contributed by atoms with Crippen molar-refractivity contribution in [1.29, 1.82) is 0 Å². The van der Waals surface area contributed by atoms with Crippen molar-refractivity contribution in [3.05, 3.63) is 53.1 Å². The van der Waals surface area contributed by atoms with Gasteiger partial charge in [-0.05, 0) is 31.5 Å².